The van der Waals surface area contributed by atoms with Gasteiger partial charge in [0.15, 0.2) is 5.75 Å². The van der Waals surface area contributed by atoms with E-state index in [2.05, 4.69) is 0 Å². The number of thioether (sulfide) groups is 1. The number of nitrogens with zero attached hydrogens (tertiary/aromatic N) is 1. The number of hydrogen-bond donors (Lipinski definition) is 1. The third-order valence-corrected chi connectivity index (χ3v) is 3.99. The Morgan fingerprint density at radius 1 is 1.24 bits per heavy atom. The molecule has 21 heavy (non-hydrogen) atoms. The molecule has 2 rings (SSSR count). The van der Waals surface area contributed by atoms with Crippen LogP contribution in [0.25, 0.3) is 0 Å². The molecule has 0 atom stereocenters. The normalized spacial score (nSPS) is 10.4. The lowest BCUT2D eigenvalue weighted by atomic mass is 10.2. The van der Waals surface area contributed by atoms with Crippen molar-refractivity contribution < 1.29 is 14.8 Å². The first kappa shape index (κ1) is 15.3. The molecule has 0 bridgehead atoms. The van der Waals surface area contributed by atoms with Crippen LogP contribution in [0, 0.1) is 10.1 Å². The fraction of sp³-hybridized carbons (Fsp3) is 0.200. The van der Waals surface area contributed by atoms with Gasteiger partial charge in [0.1, 0.15) is 0 Å². The molecule has 110 valence electrons. The van der Waals surface area contributed by atoms with Crippen molar-refractivity contribution in [2.24, 2.45) is 0 Å². The van der Waals surface area contributed by atoms with Gasteiger partial charge in [-0.1, -0.05) is 18.2 Å². The van der Waals surface area contributed by atoms with Crippen LogP contribution in [0.4, 0.5) is 5.69 Å². The molecular formula is C15H15NO4S. The molecule has 0 aliphatic carbocycles. The highest BCUT2D eigenvalue weighted by atomic mass is 32.2. The summed E-state index contributed by atoms with van der Waals surface area (Å²) in [6.45, 7) is 0.00239. The van der Waals surface area contributed by atoms with Gasteiger partial charge in [-0.15, -0.1) is 11.8 Å². The lowest BCUT2D eigenvalue weighted by Crippen LogP contribution is -1.95. The molecule has 0 fully saturated rings. The van der Waals surface area contributed by atoms with Crippen LogP contribution in [0.1, 0.15) is 11.1 Å². The quantitative estimate of drug-likeness (QED) is 0.503. The topological polar surface area (TPSA) is 72.6 Å². The zero-order valence-electron chi connectivity index (χ0n) is 11.5. The SMILES string of the molecule is COc1ccc(CSc2cccc(CO)c2)cc1[N+](=O)[O-]. The van der Waals surface area contributed by atoms with E-state index in [1.807, 2.05) is 30.3 Å². The molecule has 0 spiro atoms. The summed E-state index contributed by atoms with van der Waals surface area (Å²) in [6.07, 6.45) is 0. The van der Waals surface area contributed by atoms with Crippen LogP contribution in [0.2, 0.25) is 0 Å². The Balaban J connectivity index is 2.12. The van der Waals surface area contributed by atoms with Gasteiger partial charge in [0, 0.05) is 16.7 Å². The number of benzene rings is 2. The van der Waals surface area contributed by atoms with Gasteiger partial charge in [-0.3, -0.25) is 10.1 Å². The van der Waals surface area contributed by atoms with E-state index in [4.69, 9.17) is 9.84 Å². The Labute approximate surface area is 126 Å². The number of aliphatic hydroxyl groups excluding tert-OH is 1. The second-order valence-corrected chi connectivity index (χ2v) is 5.41. The monoisotopic (exact) mass is 305 g/mol. The molecule has 6 heteroatoms. The predicted molar refractivity (Wildman–Crippen MR) is 81.6 cm³/mol. The second-order valence-electron chi connectivity index (χ2n) is 4.36. The molecular weight excluding hydrogens is 290 g/mol. The van der Waals surface area contributed by atoms with Gasteiger partial charge in [-0.2, -0.15) is 0 Å². The molecule has 0 heterocycles. The number of nitro groups is 1. The molecule has 0 aromatic heterocycles. The van der Waals surface area contributed by atoms with Gasteiger partial charge in [-0.05, 0) is 29.3 Å². The molecule has 0 aliphatic rings. The van der Waals surface area contributed by atoms with Gasteiger partial charge in [0.25, 0.3) is 0 Å². The molecule has 2 aromatic carbocycles. The van der Waals surface area contributed by atoms with Crippen LogP contribution in [0.15, 0.2) is 47.4 Å². The van der Waals surface area contributed by atoms with Crippen molar-refractivity contribution in [3.05, 3.63) is 63.7 Å². The van der Waals surface area contributed by atoms with Crippen molar-refractivity contribution in [2.45, 2.75) is 17.3 Å². The van der Waals surface area contributed by atoms with Gasteiger partial charge in [-0.25, -0.2) is 0 Å². The molecule has 0 aliphatic heterocycles. The third kappa shape index (κ3) is 3.96. The maximum absolute atomic E-state index is 11.0. The molecule has 1 N–H and O–H groups in total. The Morgan fingerprint density at radius 3 is 2.71 bits per heavy atom. The summed E-state index contributed by atoms with van der Waals surface area (Å²) < 4.78 is 4.98. The van der Waals surface area contributed by atoms with Crippen LogP contribution >= 0.6 is 11.8 Å². The van der Waals surface area contributed by atoms with Crippen LogP contribution in [0.3, 0.4) is 0 Å². The summed E-state index contributed by atoms with van der Waals surface area (Å²) in [5.74, 6) is 0.871. The van der Waals surface area contributed by atoms with E-state index >= 15 is 0 Å². The van der Waals surface area contributed by atoms with E-state index in [1.54, 1.807) is 17.8 Å². The highest BCUT2D eigenvalue weighted by molar-refractivity contribution is 7.98. The van der Waals surface area contributed by atoms with E-state index in [0.29, 0.717) is 5.75 Å². The number of ether oxygens (including phenoxy) is 1. The zero-order valence-corrected chi connectivity index (χ0v) is 12.3. The van der Waals surface area contributed by atoms with Gasteiger partial charge < -0.3 is 9.84 Å². The van der Waals surface area contributed by atoms with Crippen molar-refractivity contribution in [1.29, 1.82) is 0 Å². The van der Waals surface area contributed by atoms with Crippen molar-refractivity contribution in [2.75, 3.05) is 7.11 Å². The number of methoxy groups -OCH3 is 1. The third-order valence-electron chi connectivity index (χ3n) is 2.93. The number of aliphatic hydroxyl groups is 1. The Bertz CT molecular complexity index is 645. The summed E-state index contributed by atoms with van der Waals surface area (Å²) >= 11 is 1.56. The molecule has 0 saturated carbocycles. The zero-order chi connectivity index (χ0) is 15.2. The molecule has 0 amide bonds. The average molecular weight is 305 g/mol. The minimum atomic E-state index is -0.445. The predicted octanol–water partition coefficient (Wildman–Crippen LogP) is 3.39. The lowest BCUT2D eigenvalue weighted by molar-refractivity contribution is -0.385. The van der Waals surface area contributed by atoms with E-state index in [9.17, 15) is 10.1 Å². The summed E-state index contributed by atoms with van der Waals surface area (Å²) in [5.41, 5.74) is 1.67. The van der Waals surface area contributed by atoms with Gasteiger partial charge >= 0.3 is 5.69 Å². The van der Waals surface area contributed by atoms with Gasteiger partial charge in [0.05, 0.1) is 18.6 Å². The standard InChI is InChI=1S/C15H15NO4S/c1-20-15-6-5-12(8-14(15)16(18)19)10-21-13-4-2-3-11(7-13)9-17/h2-8,17H,9-10H2,1H3. The van der Waals surface area contributed by atoms with E-state index in [0.717, 1.165) is 16.0 Å². The highest BCUT2D eigenvalue weighted by Crippen LogP contribution is 2.30. The first-order chi connectivity index (χ1) is 10.1. The van der Waals surface area contributed by atoms with Crippen LogP contribution in [-0.2, 0) is 12.4 Å². The van der Waals surface area contributed by atoms with E-state index < -0.39 is 4.92 Å². The van der Waals surface area contributed by atoms with Crippen LogP contribution in [-0.4, -0.2) is 17.1 Å². The largest absolute Gasteiger partial charge is 0.490 e. The summed E-state index contributed by atoms with van der Waals surface area (Å²) in [5, 5.41) is 20.1. The highest BCUT2D eigenvalue weighted by Gasteiger charge is 2.15. The Kier molecular flexibility index (Phi) is 5.19. The molecule has 0 saturated heterocycles. The summed E-state index contributed by atoms with van der Waals surface area (Å²) in [4.78, 5) is 11.6. The maximum atomic E-state index is 11.0. The van der Waals surface area contributed by atoms with Crippen molar-refractivity contribution in [3.8, 4) is 5.75 Å². The van der Waals surface area contributed by atoms with Crippen molar-refractivity contribution in [3.63, 3.8) is 0 Å². The minimum Gasteiger partial charge on any atom is -0.490 e. The first-order valence-electron chi connectivity index (χ1n) is 6.28. The number of rotatable bonds is 6. The smallest absolute Gasteiger partial charge is 0.311 e. The summed E-state index contributed by atoms with van der Waals surface area (Å²) in [6, 6.07) is 12.5. The molecule has 0 radical (unpaired) electrons. The molecule has 0 unspecified atom stereocenters. The molecule has 5 nitrogen and oxygen atoms in total. The Hall–Kier alpha value is -2.05. The minimum absolute atomic E-state index is 0.00239. The molecule has 2 aromatic rings. The van der Waals surface area contributed by atoms with Crippen molar-refractivity contribution >= 4 is 17.4 Å². The van der Waals surface area contributed by atoms with Gasteiger partial charge in [0.2, 0.25) is 0 Å². The fourth-order valence-electron chi connectivity index (χ4n) is 1.87. The first-order valence-corrected chi connectivity index (χ1v) is 7.26. The second kappa shape index (κ2) is 7.10. The maximum Gasteiger partial charge on any atom is 0.311 e. The number of nitro benzene ring substituents is 1. The fourth-order valence-corrected chi connectivity index (χ4v) is 2.79. The van der Waals surface area contributed by atoms with E-state index in [-0.39, 0.29) is 18.0 Å². The average Bonchev–Trinajstić information content (AvgIpc) is 2.52. The summed E-state index contributed by atoms with van der Waals surface area (Å²) in [7, 11) is 1.41. The van der Waals surface area contributed by atoms with Crippen LogP contribution in [0.5, 0.6) is 5.75 Å². The Morgan fingerprint density at radius 2 is 2.05 bits per heavy atom. The van der Waals surface area contributed by atoms with Crippen LogP contribution < -0.4 is 4.74 Å². The lowest BCUT2D eigenvalue weighted by Gasteiger charge is -2.06. The van der Waals surface area contributed by atoms with E-state index in [1.165, 1.54) is 13.2 Å². The van der Waals surface area contributed by atoms with Crippen molar-refractivity contribution in [1.82, 2.24) is 0 Å². The number of hydrogen-bond acceptors (Lipinski definition) is 5.